The molecular formula is C16H19ClN2O2. The quantitative estimate of drug-likeness (QED) is 0.881. The van der Waals surface area contributed by atoms with Gasteiger partial charge in [0.05, 0.1) is 5.56 Å². The summed E-state index contributed by atoms with van der Waals surface area (Å²) in [5.41, 5.74) is 1.50. The SMILES string of the molecule is Cl.O=C(c1coc2ccccc12)N1C2CCNCC1CC2. The molecule has 0 aliphatic carbocycles. The molecule has 3 heterocycles. The number of nitrogens with zero attached hydrogens (tertiary/aromatic N) is 1. The fourth-order valence-electron chi connectivity index (χ4n) is 3.60. The first-order valence-corrected chi connectivity index (χ1v) is 7.34. The van der Waals surface area contributed by atoms with E-state index in [2.05, 4.69) is 10.2 Å². The van der Waals surface area contributed by atoms with Gasteiger partial charge in [-0.15, -0.1) is 12.4 Å². The summed E-state index contributed by atoms with van der Waals surface area (Å²) in [6, 6.07) is 8.47. The lowest BCUT2D eigenvalue weighted by Gasteiger charge is -2.27. The van der Waals surface area contributed by atoms with Gasteiger partial charge in [-0.05, 0) is 31.9 Å². The number of amides is 1. The third-order valence-corrected chi connectivity index (χ3v) is 4.60. The zero-order valence-electron chi connectivity index (χ0n) is 11.7. The minimum Gasteiger partial charge on any atom is -0.463 e. The Kier molecular flexibility index (Phi) is 3.91. The fraction of sp³-hybridized carbons (Fsp3) is 0.438. The molecule has 1 amide bonds. The van der Waals surface area contributed by atoms with E-state index in [9.17, 15) is 4.79 Å². The Labute approximate surface area is 129 Å². The second-order valence-electron chi connectivity index (χ2n) is 5.74. The third-order valence-electron chi connectivity index (χ3n) is 4.60. The molecule has 2 aliphatic rings. The van der Waals surface area contributed by atoms with Crippen molar-refractivity contribution in [2.45, 2.75) is 31.3 Å². The van der Waals surface area contributed by atoms with Crippen LogP contribution in [0.15, 0.2) is 34.9 Å². The maximum atomic E-state index is 12.9. The van der Waals surface area contributed by atoms with E-state index in [0.717, 1.165) is 43.3 Å². The molecule has 0 spiro atoms. The summed E-state index contributed by atoms with van der Waals surface area (Å²) >= 11 is 0. The molecule has 2 saturated heterocycles. The van der Waals surface area contributed by atoms with Crippen LogP contribution in [0.3, 0.4) is 0 Å². The molecule has 2 bridgehead atoms. The molecule has 2 aromatic rings. The molecule has 112 valence electrons. The molecule has 21 heavy (non-hydrogen) atoms. The molecule has 2 fully saturated rings. The number of halogens is 1. The highest BCUT2D eigenvalue weighted by Gasteiger charge is 2.39. The minimum absolute atomic E-state index is 0. The monoisotopic (exact) mass is 306 g/mol. The van der Waals surface area contributed by atoms with Gasteiger partial charge in [-0.25, -0.2) is 0 Å². The number of hydrogen-bond acceptors (Lipinski definition) is 3. The highest BCUT2D eigenvalue weighted by atomic mass is 35.5. The van der Waals surface area contributed by atoms with Gasteiger partial charge >= 0.3 is 0 Å². The second-order valence-corrected chi connectivity index (χ2v) is 5.74. The van der Waals surface area contributed by atoms with Crippen LogP contribution in [0.2, 0.25) is 0 Å². The van der Waals surface area contributed by atoms with Crippen molar-refractivity contribution in [2.24, 2.45) is 0 Å². The van der Waals surface area contributed by atoms with Crippen molar-refractivity contribution in [2.75, 3.05) is 13.1 Å². The normalized spacial score (nSPS) is 24.7. The molecular weight excluding hydrogens is 288 g/mol. The van der Waals surface area contributed by atoms with Crippen molar-refractivity contribution in [1.82, 2.24) is 10.2 Å². The maximum Gasteiger partial charge on any atom is 0.258 e. The predicted molar refractivity (Wildman–Crippen MR) is 83.9 cm³/mol. The summed E-state index contributed by atoms with van der Waals surface area (Å²) in [6.07, 6.45) is 4.91. The number of carbonyl (C=O) groups is 1. The maximum absolute atomic E-state index is 12.9. The number of para-hydroxylation sites is 1. The highest BCUT2D eigenvalue weighted by molar-refractivity contribution is 6.06. The van der Waals surface area contributed by atoms with Gasteiger partial charge in [0.25, 0.3) is 5.91 Å². The molecule has 1 aromatic carbocycles. The number of carbonyl (C=O) groups excluding carboxylic acids is 1. The van der Waals surface area contributed by atoms with E-state index >= 15 is 0 Å². The largest absolute Gasteiger partial charge is 0.463 e. The Bertz CT molecular complexity index is 641. The van der Waals surface area contributed by atoms with Gasteiger partial charge in [0, 0.05) is 24.0 Å². The summed E-state index contributed by atoms with van der Waals surface area (Å²) in [6.45, 7) is 1.93. The summed E-state index contributed by atoms with van der Waals surface area (Å²) in [5, 5.41) is 4.35. The average molecular weight is 307 g/mol. The predicted octanol–water partition coefficient (Wildman–Crippen LogP) is 2.82. The first kappa shape index (κ1) is 14.4. The standard InChI is InChI=1S/C16H18N2O2.ClH/c19-16(14-10-20-15-4-2-1-3-13(14)15)18-11-5-6-12(18)9-17-8-7-11;/h1-4,10-12,17H,5-9H2;1H. The van der Waals surface area contributed by atoms with Crippen molar-refractivity contribution in [3.8, 4) is 0 Å². The van der Waals surface area contributed by atoms with E-state index < -0.39 is 0 Å². The molecule has 0 saturated carbocycles. The molecule has 2 aliphatic heterocycles. The smallest absolute Gasteiger partial charge is 0.258 e. The second kappa shape index (κ2) is 5.70. The number of fused-ring (bicyclic) bond motifs is 3. The van der Waals surface area contributed by atoms with Crippen molar-refractivity contribution < 1.29 is 9.21 Å². The lowest BCUT2D eigenvalue weighted by atomic mass is 10.1. The van der Waals surface area contributed by atoms with Crippen molar-refractivity contribution >= 4 is 29.3 Å². The van der Waals surface area contributed by atoms with Gasteiger partial charge < -0.3 is 14.6 Å². The molecule has 1 aromatic heterocycles. The lowest BCUT2D eigenvalue weighted by Crippen LogP contribution is -2.42. The van der Waals surface area contributed by atoms with Gasteiger partial charge in [-0.2, -0.15) is 0 Å². The Balaban J connectivity index is 0.00000132. The summed E-state index contributed by atoms with van der Waals surface area (Å²) in [4.78, 5) is 15.0. The van der Waals surface area contributed by atoms with Crippen LogP contribution in [-0.4, -0.2) is 36.0 Å². The number of rotatable bonds is 1. The molecule has 2 atom stereocenters. The van der Waals surface area contributed by atoms with E-state index in [0.29, 0.717) is 17.6 Å². The number of nitrogens with one attached hydrogen (secondary N) is 1. The average Bonchev–Trinajstić information content (AvgIpc) is 2.98. The van der Waals surface area contributed by atoms with Crippen LogP contribution >= 0.6 is 12.4 Å². The summed E-state index contributed by atoms with van der Waals surface area (Å²) < 4.78 is 5.52. The zero-order chi connectivity index (χ0) is 13.5. The van der Waals surface area contributed by atoms with Crippen LogP contribution in [-0.2, 0) is 0 Å². The van der Waals surface area contributed by atoms with Crippen LogP contribution in [0.4, 0.5) is 0 Å². The van der Waals surface area contributed by atoms with Gasteiger partial charge in [-0.3, -0.25) is 4.79 Å². The first-order chi connectivity index (χ1) is 9.84. The lowest BCUT2D eigenvalue weighted by molar-refractivity contribution is 0.0681. The van der Waals surface area contributed by atoms with Crippen molar-refractivity contribution in [1.29, 1.82) is 0 Å². The van der Waals surface area contributed by atoms with E-state index in [1.165, 1.54) is 0 Å². The van der Waals surface area contributed by atoms with Crippen LogP contribution in [0.1, 0.15) is 29.6 Å². The van der Waals surface area contributed by atoms with Crippen molar-refractivity contribution in [3.05, 3.63) is 36.1 Å². The number of furan rings is 1. The van der Waals surface area contributed by atoms with E-state index in [1.54, 1.807) is 6.26 Å². The van der Waals surface area contributed by atoms with E-state index in [1.807, 2.05) is 24.3 Å². The van der Waals surface area contributed by atoms with Gasteiger partial charge in [0.1, 0.15) is 11.8 Å². The van der Waals surface area contributed by atoms with E-state index in [4.69, 9.17) is 4.42 Å². The summed E-state index contributed by atoms with van der Waals surface area (Å²) in [7, 11) is 0. The molecule has 4 rings (SSSR count). The number of benzene rings is 1. The molecule has 1 N–H and O–H groups in total. The van der Waals surface area contributed by atoms with Crippen LogP contribution in [0.5, 0.6) is 0 Å². The Hall–Kier alpha value is -1.52. The highest BCUT2D eigenvalue weighted by Crippen LogP contribution is 2.31. The summed E-state index contributed by atoms with van der Waals surface area (Å²) in [5.74, 6) is 0.131. The van der Waals surface area contributed by atoms with Gasteiger partial charge in [0.15, 0.2) is 0 Å². The molecule has 0 radical (unpaired) electrons. The first-order valence-electron chi connectivity index (χ1n) is 7.34. The zero-order valence-corrected chi connectivity index (χ0v) is 12.6. The van der Waals surface area contributed by atoms with Gasteiger partial charge in [-0.1, -0.05) is 18.2 Å². The van der Waals surface area contributed by atoms with Crippen LogP contribution in [0, 0.1) is 0 Å². The third kappa shape index (κ3) is 2.32. The molecule has 2 unspecified atom stereocenters. The Morgan fingerprint density at radius 3 is 2.90 bits per heavy atom. The fourth-order valence-corrected chi connectivity index (χ4v) is 3.60. The number of hydrogen-bond donors (Lipinski definition) is 1. The molecule has 5 heteroatoms. The molecule has 4 nitrogen and oxygen atoms in total. The Morgan fingerprint density at radius 1 is 1.19 bits per heavy atom. The van der Waals surface area contributed by atoms with Gasteiger partial charge in [0.2, 0.25) is 0 Å². The minimum atomic E-state index is 0. The Morgan fingerprint density at radius 2 is 2.00 bits per heavy atom. The van der Waals surface area contributed by atoms with Crippen LogP contribution < -0.4 is 5.32 Å². The topological polar surface area (TPSA) is 45.5 Å². The van der Waals surface area contributed by atoms with E-state index in [-0.39, 0.29) is 18.3 Å². The van der Waals surface area contributed by atoms with Crippen molar-refractivity contribution in [3.63, 3.8) is 0 Å². The van der Waals surface area contributed by atoms with Crippen LogP contribution in [0.25, 0.3) is 11.0 Å².